The van der Waals surface area contributed by atoms with E-state index in [2.05, 4.69) is 5.10 Å². The van der Waals surface area contributed by atoms with Crippen molar-refractivity contribution in [2.24, 2.45) is 0 Å². The highest BCUT2D eigenvalue weighted by molar-refractivity contribution is 7.91. The number of sulfone groups is 1. The molecule has 1 aliphatic rings. The molecule has 0 bridgehead atoms. The Morgan fingerprint density at radius 3 is 2.68 bits per heavy atom. The molecule has 1 atom stereocenters. The number of hydrogen-bond acceptors (Lipinski definition) is 5. The van der Waals surface area contributed by atoms with Crippen LogP contribution in [0.2, 0.25) is 0 Å². The molecular formula is C20H21N3O3S2. The Hall–Kier alpha value is -2.45. The maximum Gasteiger partial charge on any atom is 0.257 e. The second-order valence-electron chi connectivity index (χ2n) is 7.02. The second-order valence-corrected chi connectivity index (χ2v) is 10.2. The molecule has 0 spiro atoms. The fourth-order valence-corrected chi connectivity index (χ4v) is 5.96. The number of rotatable bonds is 5. The Balaban J connectivity index is 1.65. The second kappa shape index (κ2) is 7.52. The van der Waals surface area contributed by atoms with Crippen molar-refractivity contribution in [1.82, 2.24) is 14.7 Å². The Morgan fingerprint density at radius 2 is 2.04 bits per heavy atom. The Kier molecular flexibility index (Phi) is 5.07. The number of carbonyl (C=O) groups excluding carboxylic acids is 1. The van der Waals surface area contributed by atoms with Gasteiger partial charge in [0.2, 0.25) is 0 Å². The summed E-state index contributed by atoms with van der Waals surface area (Å²) in [6, 6.07) is 13.5. The van der Waals surface area contributed by atoms with Crippen molar-refractivity contribution in [1.29, 1.82) is 0 Å². The van der Waals surface area contributed by atoms with Gasteiger partial charge in [-0.15, -0.1) is 11.3 Å². The molecule has 0 unspecified atom stereocenters. The minimum atomic E-state index is -3.06. The summed E-state index contributed by atoms with van der Waals surface area (Å²) in [6.45, 7) is 0.564. The van der Waals surface area contributed by atoms with Crippen LogP contribution in [0.1, 0.15) is 22.3 Å². The molecule has 1 saturated heterocycles. The zero-order valence-corrected chi connectivity index (χ0v) is 17.1. The molecule has 8 heteroatoms. The summed E-state index contributed by atoms with van der Waals surface area (Å²) >= 11 is 1.53. The standard InChI is InChI=1S/C20H21N3O3S2/c1-22(16-9-11-28(25,26)14-16)20(24)17-13-23(12-15-6-3-2-4-7-15)21-19(17)18-8-5-10-27-18/h2-8,10,13,16H,9,11-12,14H2,1H3/t16-/m1/s1. The third-order valence-electron chi connectivity index (χ3n) is 5.01. The van der Waals surface area contributed by atoms with Crippen LogP contribution in [0.5, 0.6) is 0 Å². The number of nitrogens with zero attached hydrogens (tertiary/aromatic N) is 3. The summed E-state index contributed by atoms with van der Waals surface area (Å²) in [4.78, 5) is 15.7. The summed E-state index contributed by atoms with van der Waals surface area (Å²) < 4.78 is 25.4. The van der Waals surface area contributed by atoms with E-state index in [0.717, 1.165) is 10.4 Å². The number of hydrogen-bond donors (Lipinski definition) is 0. The van der Waals surface area contributed by atoms with Crippen molar-refractivity contribution in [3.63, 3.8) is 0 Å². The van der Waals surface area contributed by atoms with Gasteiger partial charge in [-0.3, -0.25) is 9.48 Å². The predicted octanol–water partition coefficient (Wildman–Crippen LogP) is 2.92. The monoisotopic (exact) mass is 415 g/mol. The quantitative estimate of drug-likeness (QED) is 0.642. The number of carbonyl (C=O) groups is 1. The van der Waals surface area contributed by atoms with Crippen LogP contribution in [0.4, 0.5) is 0 Å². The van der Waals surface area contributed by atoms with E-state index in [1.165, 1.54) is 11.3 Å². The van der Waals surface area contributed by atoms with E-state index in [9.17, 15) is 13.2 Å². The highest BCUT2D eigenvalue weighted by Crippen LogP contribution is 2.29. The normalized spacial score (nSPS) is 18.2. The average Bonchev–Trinajstić information content (AvgIpc) is 3.41. The van der Waals surface area contributed by atoms with Gasteiger partial charge >= 0.3 is 0 Å². The highest BCUT2D eigenvalue weighted by atomic mass is 32.2. The molecule has 6 nitrogen and oxygen atoms in total. The third kappa shape index (κ3) is 3.88. The third-order valence-corrected chi connectivity index (χ3v) is 7.64. The fourth-order valence-electron chi connectivity index (χ4n) is 3.46. The molecule has 3 aromatic rings. The van der Waals surface area contributed by atoms with Gasteiger partial charge in [0.25, 0.3) is 5.91 Å². The number of aromatic nitrogens is 2. The van der Waals surface area contributed by atoms with Crippen LogP contribution in [-0.4, -0.2) is 53.6 Å². The maximum atomic E-state index is 13.2. The molecule has 1 aliphatic heterocycles. The van der Waals surface area contributed by atoms with Crippen molar-refractivity contribution in [2.75, 3.05) is 18.6 Å². The molecule has 0 aliphatic carbocycles. The van der Waals surface area contributed by atoms with E-state index in [-0.39, 0.29) is 23.5 Å². The predicted molar refractivity (Wildman–Crippen MR) is 110 cm³/mol. The lowest BCUT2D eigenvalue weighted by molar-refractivity contribution is 0.0748. The van der Waals surface area contributed by atoms with Gasteiger partial charge in [-0.2, -0.15) is 5.10 Å². The van der Waals surface area contributed by atoms with Gasteiger partial charge in [0.05, 0.1) is 28.5 Å². The summed E-state index contributed by atoms with van der Waals surface area (Å²) in [7, 11) is -1.38. The minimum absolute atomic E-state index is 0.0295. The molecule has 0 saturated carbocycles. The maximum absolute atomic E-state index is 13.2. The zero-order valence-electron chi connectivity index (χ0n) is 15.5. The molecule has 4 rings (SSSR count). The first-order valence-electron chi connectivity index (χ1n) is 9.06. The molecule has 3 heterocycles. The van der Waals surface area contributed by atoms with Crippen molar-refractivity contribution < 1.29 is 13.2 Å². The van der Waals surface area contributed by atoms with E-state index in [1.54, 1.807) is 22.8 Å². The summed E-state index contributed by atoms with van der Waals surface area (Å²) in [5, 5.41) is 6.62. The molecule has 0 radical (unpaired) electrons. The van der Waals surface area contributed by atoms with Crippen molar-refractivity contribution in [3.05, 3.63) is 65.2 Å². The van der Waals surface area contributed by atoms with E-state index in [0.29, 0.717) is 24.2 Å². The average molecular weight is 416 g/mol. The van der Waals surface area contributed by atoms with Crippen LogP contribution in [0, 0.1) is 0 Å². The van der Waals surface area contributed by atoms with Crippen LogP contribution in [0.25, 0.3) is 10.6 Å². The number of thiophene rings is 1. The fraction of sp³-hybridized carbons (Fsp3) is 0.300. The van der Waals surface area contributed by atoms with Gasteiger partial charge in [0.1, 0.15) is 5.69 Å². The van der Waals surface area contributed by atoms with Crippen molar-refractivity contribution in [2.45, 2.75) is 19.0 Å². The van der Waals surface area contributed by atoms with Gasteiger partial charge < -0.3 is 4.90 Å². The van der Waals surface area contributed by atoms with Crippen LogP contribution in [0.3, 0.4) is 0 Å². The molecule has 28 heavy (non-hydrogen) atoms. The largest absolute Gasteiger partial charge is 0.338 e. The summed E-state index contributed by atoms with van der Waals surface area (Å²) in [6.07, 6.45) is 2.25. The topological polar surface area (TPSA) is 72.3 Å². The van der Waals surface area contributed by atoms with Crippen molar-refractivity contribution >= 4 is 27.1 Å². The van der Waals surface area contributed by atoms with Crippen molar-refractivity contribution in [3.8, 4) is 10.6 Å². The van der Waals surface area contributed by atoms with E-state index >= 15 is 0 Å². The molecular weight excluding hydrogens is 394 g/mol. The number of amides is 1. The molecule has 1 aromatic carbocycles. The number of benzene rings is 1. The highest BCUT2D eigenvalue weighted by Gasteiger charge is 2.34. The first-order chi connectivity index (χ1) is 13.4. The van der Waals surface area contributed by atoms with Gasteiger partial charge in [0, 0.05) is 19.3 Å². The molecule has 2 aromatic heterocycles. The lowest BCUT2D eigenvalue weighted by Gasteiger charge is -2.23. The molecule has 1 fully saturated rings. The van der Waals surface area contributed by atoms with Crippen LogP contribution < -0.4 is 0 Å². The smallest absolute Gasteiger partial charge is 0.257 e. The van der Waals surface area contributed by atoms with Crippen LogP contribution in [-0.2, 0) is 16.4 Å². The molecule has 146 valence electrons. The van der Waals surface area contributed by atoms with E-state index in [1.807, 2.05) is 47.8 Å². The first-order valence-corrected chi connectivity index (χ1v) is 11.8. The van der Waals surface area contributed by atoms with Gasteiger partial charge in [-0.1, -0.05) is 36.4 Å². The SMILES string of the molecule is CN(C(=O)c1cn(Cc2ccccc2)nc1-c1cccs1)[C@@H]1CCS(=O)(=O)C1. The Bertz CT molecular complexity index is 1070. The van der Waals surface area contributed by atoms with Crippen LogP contribution >= 0.6 is 11.3 Å². The van der Waals surface area contributed by atoms with E-state index < -0.39 is 9.84 Å². The zero-order chi connectivity index (χ0) is 19.7. The van der Waals surface area contributed by atoms with Gasteiger partial charge in [-0.25, -0.2) is 8.42 Å². The minimum Gasteiger partial charge on any atom is -0.338 e. The molecule has 0 N–H and O–H groups in total. The lowest BCUT2D eigenvalue weighted by Crippen LogP contribution is -2.37. The Labute approximate surface area is 168 Å². The molecule has 1 amide bonds. The first kappa shape index (κ1) is 18.9. The van der Waals surface area contributed by atoms with Gasteiger partial charge in [0.15, 0.2) is 9.84 Å². The lowest BCUT2D eigenvalue weighted by atomic mass is 10.1. The Morgan fingerprint density at radius 1 is 1.25 bits per heavy atom. The van der Waals surface area contributed by atoms with Gasteiger partial charge in [-0.05, 0) is 23.4 Å². The van der Waals surface area contributed by atoms with E-state index in [4.69, 9.17) is 0 Å². The van der Waals surface area contributed by atoms with Crippen LogP contribution in [0.15, 0.2) is 54.0 Å². The summed E-state index contributed by atoms with van der Waals surface area (Å²) in [5.41, 5.74) is 2.24. The summed E-state index contributed by atoms with van der Waals surface area (Å²) in [5.74, 6) is -0.0213.